The Morgan fingerprint density at radius 2 is 0.864 bits per heavy atom. The summed E-state index contributed by atoms with van der Waals surface area (Å²) >= 11 is 1.86. The highest BCUT2D eigenvalue weighted by molar-refractivity contribution is 7.25. The molecular weight excluding hydrogens is 735 g/mol. The van der Waals surface area contributed by atoms with Gasteiger partial charge in [-0.1, -0.05) is 152 Å². The van der Waals surface area contributed by atoms with Crippen molar-refractivity contribution in [2.45, 2.75) is 0 Å². The summed E-state index contributed by atoms with van der Waals surface area (Å²) < 4.78 is 9.55. The van der Waals surface area contributed by atoms with Gasteiger partial charge in [0.25, 0.3) is 0 Å². The van der Waals surface area contributed by atoms with Crippen LogP contribution in [0.5, 0.6) is 0 Å². The van der Waals surface area contributed by atoms with Gasteiger partial charge < -0.3 is 9.32 Å². The van der Waals surface area contributed by atoms with Gasteiger partial charge in [0.05, 0.1) is 0 Å². The molecule has 0 aliphatic rings. The maximum Gasteiger partial charge on any atom is 0.143 e. The first-order valence-electron chi connectivity index (χ1n) is 20.1. The van der Waals surface area contributed by atoms with Crippen LogP contribution in [-0.2, 0) is 0 Å². The first kappa shape index (κ1) is 33.7. The zero-order chi connectivity index (χ0) is 38.9. The van der Waals surface area contributed by atoms with E-state index in [1.807, 2.05) is 11.3 Å². The van der Waals surface area contributed by atoms with Crippen LogP contribution in [0.25, 0.3) is 97.0 Å². The predicted octanol–water partition coefficient (Wildman–Crippen LogP) is 16.7. The molecule has 276 valence electrons. The SMILES string of the molecule is c1ccc(-c2ccc(N(c3ccc(-c4ccc5sc6ccccc6c5c4)cc3)c3ccc(-c4cccc5c4oc4c5ccc5ccc6ccccc6c54)cc3)cc2)cc1. The van der Waals surface area contributed by atoms with E-state index in [0.29, 0.717) is 0 Å². The molecule has 0 N–H and O–H groups in total. The van der Waals surface area contributed by atoms with E-state index in [1.54, 1.807) is 0 Å². The van der Waals surface area contributed by atoms with Crippen molar-refractivity contribution >= 4 is 92.1 Å². The summed E-state index contributed by atoms with van der Waals surface area (Å²) in [6.07, 6.45) is 0. The van der Waals surface area contributed by atoms with Gasteiger partial charge in [-0.15, -0.1) is 11.3 Å². The van der Waals surface area contributed by atoms with Crippen molar-refractivity contribution in [3.8, 4) is 33.4 Å². The highest BCUT2D eigenvalue weighted by Crippen LogP contribution is 2.43. The number of fused-ring (bicyclic) bond motifs is 10. The molecule has 0 atom stereocenters. The van der Waals surface area contributed by atoms with Crippen LogP contribution in [0, 0.1) is 0 Å². The third-order valence-corrected chi connectivity index (χ3v) is 13.0. The van der Waals surface area contributed by atoms with E-state index < -0.39 is 0 Å². The summed E-state index contributed by atoms with van der Waals surface area (Å²) in [7, 11) is 0. The van der Waals surface area contributed by atoms with Gasteiger partial charge in [-0.3, -0.25) is 0 Å². The maximum atomic E-state index is 6.90. The zero-order valence-electron chi connectivity index (χ0n) is 32.0. The fourth-order valence-corrected chi connectivity index (χ4v) is 10.0. The van der Waals surface area contributed by atoms with Crippen LogP contribution >= 0.6 is 11.3 Å². The van der Waals surface area contributed by atoms with Gasteiger partial charge in [0.15, 0.2) is 0 Å². The van der Waals surface area contributed by atoms with Crippen molar-refractivity contribution < 1.29 is 4.42 Å². The van der Waals surface area contributed by atoms with Crippen molar-refractivity contribution in [3.63, 3.8) is 0 Å². The normalized spacial score (nSPS) is 11.7. The Labute approximate surface area is 345 Å². The average Bonchev–Trinajstić information content (AvgIpc) is 3.88. The Bertz CT molecular complexity index is 3530. The maximum absolute atomic E-state index is 6.90. The largest absolute Gasteiger partial charge is 0.455 e. The van der Waals surface area contributed by atoms with E-state index in [2.05, 4.69) is 217 Å². The molecule has 0 amide bonds. The first-order chi connectivity index (χ1) is 29.2. The number of rotatable bonds is 6. The summed E-state index contributed by atoms with van der Waals surface area (Å²) in [5.41, 5.74) is 12.1. The number of anilines is 3. The summed E-state index contributed by atoms with van der Waals surface area (Å²) in [6.45, 7) is 0. The minimum Gasteiger partial charge on any atom is -0.455 e. The number of benzene rings is 10. The molecule has 0 radical (unpaired) electrons. The van der Waals surface area contributed by atoms with E-state index in [-0.39, 0.29) is 0 Å². The minimum absolute atomic E-state index is 0.910. The van der Waals surface area contributed by atoms with Gasteiger partial charge in [0.1, 0.15) is 11.2 Å². The van der Waals surface area contributed by atoms with Crippen LogP contribution in [0.3, 0.4) is 0 Å². The third-order valence-electron chi connectivity index (χ3n) is 11.9. The van der Waals surface area contributed by atoms with Gasteiger partial charge in [-0.05, 0) is 105 Å². The molecule has 2 nitrogen and oxygen atoms in total. The molecule has 3 heteroatoms. The van der Waals surface area contributed by atoms with Gasteiger partial charge in [-0.2, -0.15) is 0 Å². The number of thiophene rings is 1. The van der Waals surface area contributed by atoms with Crippen LogP contribution in [0.15, 0.2) is 217 Å². The molecule has 12 rings (SSSR count). The van der Waals surface area contributed by atoms with Crippen molar-refractivity contribution in [2.75, 3.05) is 4.90 Å². The molecule has 0 unspecified atom stereocenters. The van der Waals surface area contributed by atoms with E-state index in [1.165, 1.54) is 64.0 Å². The van der Waals surface area contributed by atoms with Crippen molar-refractivity contribution in [1.29, 1.82) is 0 Å². The van der Waals surface area contributed by atoms with Crippen LogP contribution in [-0.4, -0.2) is 0 Å². The van der Waals surface area contributed by atoms with Gasteiger partial charge in [-0.25, -0.2) is 0 Å². The molecule has 0 aliphatic heterocycles. The summed E-state index contributed by atoms with van der Waals surface area (Å²) in [5.74, 6) is 0. The quantitative estimate of drug-likeness (QED) is 0.157. The Morgan fingerprint density at radius 1 is 0.322 bits per heavy atom. The summed E-state index contributed by atoms with van der Waals surface area (Å²) in [4.78, 5) is 2.34. The number of furan rings is 1. The molecule has 0 spiro atoms. The monoisotopic (exact) mass is 769 g/mol. The van der Waals surface area contributed by atoms with Gasteiger partial charge >= 0.3 is 0 Å². The van der Waals surface area contributed by atoms with Crippen LogP contribution in [0.1, 0.15) is 0 Å². The number of hydrogen-bond donors (Lipinski definition) is 0. The number of hydrogen-bond acceptors (Lipinski definition) is 3. The Hall–Kier alpha value is -7.46. The fraction of sp³-hybridized carbons (Fsp3) is 0. The topological polar surface area (TPSA) is 16.4 Å². The molecule has 0 saturated heterocycles. The third kappa shape index (κ3) is 5.62. The molecule has 0 bridgehead atoms. The highest BCUT2D eigenvalue weighted by atomic mass is 32.1. The molecule has 0 saturated carbocycles. The minimum atomic E-state index is 0.910. The predicted molar refractivity (Wildman–Crippen MR) is 253 cm³/mol. The lowest BCUT2D eigenvalue weighted by atomic mass is 9.98. The molecule has 0 aliphatic carbocycles. The zero-order valence-corrected chi connectivity index (χ0v) is 32.8. The molecule has 59 heavy (non-hydrogen) atoms. The molecule has 12 aromatic rings. The lowest BCUT2D eigenvalue weighted by molar-refractivity contribution is 0.674. The second-order valence-corrected chi connectivity index (χ2v) is 16.3. The van der Waals surface area contributed by atoms with Gasteiger partial charge in [0.2, 0.25) is 0 Å². The van der Waals surface area contributed by atoms with Crippen molar-refractivity contribution in [3.05, 3.63) is 212 Å². The number of nitrogens with zero attached hydrogens (tertiary/aromatic N) is 1. The second-order valence-electron chi connectivity index (χ2n) is 15.3. The van der Waals surface area contributed by atoms with Crippen molar-refractivity contribution in [1.82, 2.24) is 0 Å². The van der Waals surface area contributed by atoms with Gasteiger partial charge in [0, 0.05) is 59.0 Å². The lowest BCUT2D eigenvalue weighted by Gasteiger charge is -2.26. The summed E-state index contributed by atoms with van der Waals surface area (Å²) in [6, 6.07) is 76.8. The van der Waals surface area contributed by atoms with Crippen LogP contribution in [0.4, 0.5) is 17.1 Å². The Kier molecular flexibility index (Phi) is 7.75. The highest BCUT2D eigenvalue weighted by Gasteiger charge is 2.18. The van der Waals surface area contributed by atoms with E-state index >= 15 is 0 Å². The molecule has 10 aromatic carbocycles. The first-order valence-corrected chi connectivity index (χ1v) is 20.9. The Balaban J connectivity index is 0.946. The van der Waals surface area contributed by atoms with E-state index in [4.69, 9.17) is 4.42 Å². The van der Waals surface area contributed by atoms with E-state index in [9.17, 15) is 0 Å². The Morgan fingerprint density at radius 3 is 1.63 bits per heavy atom. The average molecular weight is 770 g/mol. The lowest BCUT2D eigenvalue weighted by Crippen LogP contribution is -2.09. The molecule has 2 aromatic heterocycles. The fourth-order valence-electron chi connectivity index (χ4n) is 8.95. The van der Waals surface area contributed by atoms with Crippen LogP contribution in [0.2, 0.25) is 0 Å². The smallest absolute Gasteiger partial charge is 0.143 e. The van der Waals surface area contributed by atoms with Crippen molar-refractivity contribution in [2.24, 2.45) is 0 Å². The van der Waals surface area contributed by atoms with Crippen LogP contribution < -0.4 is 4.90 Å². The van der Waals surface area contributed by atoms with E-state index in [0.717, 1.165) is 50.1 Å². The number of para-hydroxylation sites is 1. The standard InChI is InChI=1S/C56H35NOS/c1-2-9-36(10-3-1)37-19-27-43(28-20-37)57(44-29-21-38(22-30-44)42-26-34-53-51(35-42)48-13-6-7-16-52(48)59-53)45-31-23-40(24-32-45)47-14-8-15-49-50-33-25-41-18-17-39-11-4-5-12-46(39)54(41)56(50)58-55(47)49/h1-35H. The summed E-state index contributed by atoms with van der Waals surface area (Å²) in [5, 5.41) is 9.67. The molecule has 2 heterocycles. The molecular formula is C56H35NOS. The molecule has 0 fully saturated rings. The second kappa shape index (κ2) is 13.6.